The number of carbonyl (C=O) groups excluding carboxylic acids is 1. The van der Waals surface area contributed by atoms with Crippen LogP contribution in [0.15, 0.2) is 35.4 Å². The number of esters is 1. The number of ether oxygens (including phenoxy) is 5. The van der Waals surface area contributed by atoms with Gasteiger partial charge in [0.2, 0.25) is 0 Å². The van der Waals surface area contributed by atoms with Crippen molar-refractivity contribution < 1.29 is 71.0 Å². The predicted molar refractivity (Wildman–Crippen MR) is 265 cm³/mol. The van der Waals surface area contributed by atoms with Crippen LogP contribution >= 0.6 is 0 Å². The summed E-state index contributed by atoms with van der Waals surface area (Å²) in [6, 6.07) is 3.97. The predicted octanol–water partition coefficient (Wildman–Crippen LogP) is 3.60. The Bertz CT molecular complexity index is 2150. The molecular weight excluding hydrogens is 958 g/mol. The van der Waals surface area contributed by atoms with Crippen molar-refractivity contribution in [1.29, 1.82) is 0 Å². The van der Waals surface area contributed by atoms with Crippen LogP contribution in [0.25, 0.3) is 0 Å². The number of aromatic nitrogens is 3. The third-order valence-corrected chi connectivity index (χ3v) is 17.3. The Labute approximate surface area is 426 Å². The summed E-state index contributed by atoms with van der Waals surface area (Å²) in [5, 5.41) is 68.3. The molecule has 0 aliphatic carbocycles. The Morgan fingerprint density at radius 2 is 1.65 bits per heavy atom. The minimum Gasteiger partial charge on any atom is -0.459 e. The minimum absolute atomic E-state index is 0.0420. The number of carbonyl (C=O) groups is 1. The molecule has 1 aromatic heterocycles. The van der Waals surface area contributed by atoms with Gasteiger partial charge in [-0.15, -0.1) is 5.10 Å². The van der Waals surface area contributed by atoms with Gasteiger partial charge >= 0.3 is 5.97 Å². The van der Waals surface area contributed by atoms with E-state index in [2.05, 4.69) is 10.3 Å². The van der Waals surface area contributed by atoms with Gasteiger partial charge in [0.05, 0.1) is 58.7 Å². The summed E-state index contributed by atoms with van der Waals surface area (Å²) in [7, 11) is 1.02. The molecule has 1 aromatic carbocycles. The number of aliphatic hydroxyl groups is 5. The number of likely N-dealkylation sites (N-methyl/N-ethyl adjacent to an activating group) is 2. The molecule has 72 heavy (non-hydrogen) atoms. The topological polar surface area (TPSA) is 245 Å². The zero-order valence-electron chi connectivity index (χ0n) is 44.9. The van der Waals surface area contributed by atoms with Crippen molar-refractivity contribution in [1.82, 2.24) is 24.8 Å². The number of rotatable bonds is 15. The van der Waals surface area contributed by atoms with Gasteiger partial charge < -0.3 is 59.0 Å². The molecule has 3 aliphatic rings. The van der Waals surface area contributed by atoms with Gasteiger partial charge in [-0.1, -0.05) is 50.6 Å². The average Bonchev–Trinajstić information content (AvgIpc) is 3.79. The third kappa shape index (κ3) is 13.8. The van der Waals surface area contributed by atoms with Crippen LogP contribution in [0.4, 0.5) is 4.39 Å². The molecule has 3 saturated heterocycles. The number of halogens is 1. The van der Waals surface area contributed by atoms with E-state index in [4.69, 9.17) is 27.9 Å². The summed E-state index contributed by atoms with van der Waals surface area (Å²) in [5.74, 6) is -3.36. The van der Waals surface area contributed by atoms with Crippen LogP contribution in [-0.4, -0.2) is 196 Å². The molecule has 21 heteroatoms. The molecule has 0 amide bonds. The molecule has 0 radical (unpaired) electrons. The fourth-order valence-electron chi connectivity index (χ4n) is 11.4. The fourth-order valence-corrected chi connectivity index (χ4v) is 12.3. The van der Waals surface area contributed by atoms with E-state index in [0.717, 1.165) is 5.56 Å². The van der Waals surface area contributed by atoms with Crippen molar-refractivity contribution in [3.05, 3.63) is 41.7 Å². The van der Waals surface area contributed by atoms with Gasteiger partial charge in [-0.2, -0.15) is 8.42 Å². The number of aryl methyl sites for hydroxylation is 1. The summed E-state index contributed by atoms with van der Waals surface area (Å²) >= 11 is 0. The maximum atomic E-state index is 14.6. The Balaban J connectivity index is 1.43. The highest BCUT2D eigenvalue weighted by Crippen LogP contribution is 2.45. The third-order valence-electron chi connectivity index (χ3n) is 16.0. The van der Waals surface area contributed by atoms with Gasteiger partial charge in [0, 0.05) is 57.2 Å². The van der Waals surface area contributed by atoms with E-state index in [-0.39, 0.29) is 30.1 Å². The number of hydrogen-bond donors (Lipinski definition) is 5. The Morgan fingerprint density at radius 3 is 2.26 bits per heavy atom. The van der Waals surface area contributed by atoms with Crippen molar-refractivity contribution in [2.75, 3.05) is 47.6 Å². The average molecular weight is 1040 g/mol. The van der Waals surface area contributed by atoms with Crippen molar-refractivity contribution in [3.63, 3.8) is 0 Å². The van der Waals surface area contributed by atoms with E-state index in [9.17, 15) is 43.1 Å². The Kier molecular flexibility index (Phi) is 20.4. The SMILES string of the molecule is CC[C@H]1OC(=O)[C@H](C)[C@@H](C2C[C@@](C)(OC)[C@@H](O)[C@H](C)O2)[C@H](C)[C@@H](O[C@@H]2O[C@H](C)C[C@H](N(C)CCc3cn([C@@H](CF)COS(=O)(=O)c4ccc(C)cc4)nn3)[C@H]2O)[C@](C)(O)C[C@@H](C)CN(C)[C@H](C)[C@@H](O)[C@]1(C)O. The fraction of sp³-hybridized carbons (Fsp3) is 0.824. The van der Waals surface area contributed by atoms with E-state index in [0.29, 0.717) is 31.6 Å². The molecule has 1 unspecified atom stereocenters. The van der Waals surface area contributed by atoms with Crippen molar-refractivity contribution >= 4 is 16.1 Å². The molecule has 19 nitrogen and oxygen atoms in total. The number of nitrogens with zero attached hydrogens (tertiary/aromatic N) is 5. The largest absolute Gasteiger partial charge is 0.459 e. The van der Waals surface area contributed by atoms with E-state index in [1.54, 1.807) is 59.9 Å². The molecule has 5 rings (SSSR count). The monoisotopic (exact) mass is 1040 g/mol. The quantitative estimate of drug-likeness (QED) is 0.126. The lowest BCUT2D eigenvalue weighted by molar-refractivity contribution is -0.302. The highest BCUT2D eigenvalue weighted by Gasteiger charge is 2.55. The zero-order chi connectivity index (χ0) is 53.8. The molecule has 0 spiro atoms. The molecule has 5 N–H and O–H groups in total. The van der Waals surface area contributed by atoms with Gasteiger partial charge in [-0.3, -0.25) is 8.98 Å². The van der Waals surface area contributed by atoms with E-state index in [1.807, 2.05) is 51.6 Å². The first-order chi connectivity index (χ1) is 33.5. The summed E-state index contributed by atoms with van der Waals surface area (Å²) in [5.41, 5.74) is -3.20. The standard InChI is InChI=1S/C51H86FN5O14S/c1-15-41-51(11,63)44(59)34(7)56(13)26-30(3)23-49(9,62)46(32(5)42(33(6)47(61)70-41)40-24-50(10,66-14)45(60)35(8)69-40)71-48-43(58)39(22-31(4)68-48)55(12)21-20-36-27-57(54-53-36)37(25-52)28-67-72(64,65)38-18-16-29(2)17-19-38/h16-19,27,30-35,37,39-46,48,58-60,62-63H,15,20-26,28H2,1-14H3/t30-,31-,32+,33-,34-,35+,37+,39+,40?,41-,42+,43-,44-,45+,46-,48+,49-,50-,51-/m1/s1. The van der Waals surface area contributed by atoms with E-state index < -0.39 is 137 Å². The Morgan fingerprint density at radius 1 is 1.00 bits per heavy atom. The smallest absolute Gasteiger partial charge is 0.309 e. The van der Waals surface area contributed by atoms with Gasteiger partial charge in [-0.05, 0) is 106 Å². The number of methoxy groups -OCH3 is 1. The highest BCUT2D eigenvalue weighted by atomic mass is 32.2. The molecule has 19 atom stereocenters. The van der Waals surface area contributed by atoms with Crippen LogP contribution in [-0.2, 0) is 49.2 Å². The van der Waals surface area contributed by atoms with Crippen molar-refractivity contribution in [2.45, 2.75) is 203 Å². The molecular formula is C51H86FN5O14S. The van der Waals surface area contributed by atoms with Gasteiger partial charge in [0.25, 0.3) is 10.1 Å². The van der Waals surface area contributed by atoms with Crippen LogP contribution in [0.1, 0.15) is 112 Å². The maximum Gasteiger partial charge on any atom is 0.309 e. The van der Waals surface area contributed by atoms with Crippen LogP contribution in [0.3, 0.4) is 0 Å². The second kappa shape index (κ2) is 24.5. The summed E-state index contributed by atoms with van der Waals surface area (Å²) < 4.78 is 78.4. The number of benzene rings is 1. The van der Waals surface area contributed by atoms with Crippen LogP contribution in [0, 0.1) is 30.6 Å². The first-order valence-corrected chi connectivity index (χ1v) is 27.0. The summed E-state index contributed by atoms with van der Waals surface area (Å²) in [6.45, 7) is 18.8. The Hall–Kier alpha value is -2.77. The zero-order valence-corrected chi connectivity index (χ0v) is 45.7. The van der Waals surface area contributed by atoms with Crippen LogP contribution < -0.4 is 0 Å². The highest BCUT2D eigenvalue weighted by molar-refractivity contribution is 7.86. The molecule has 0 bridgehead atoms. The van der Waals surface area contributed by atoms with Gasteiger partial charge in [-0.25, -0.2) is 9.07 Å². The molecule has 0 saturated carbocycles. The van der Waals surface area contributed by atoms with Crippen LogP contribution in [0.5, 0.6) is 0 Å². The first kappa shape index (κ1) is 60.1. The molecule has 3 aliphatic heterocycles. The summed E-state index contributed by atoms with van der Waals surface area (Å²) in [6.07, 6.45) is -6.17. The van der Waals surface area contributed by atoms with Crippen molar-refractivity contribution in [2.24, 2.45) is 23.7 Å². The maximum absolute atomic E-state index is 14.6. The van der Waals surface area contributed by atoms with Gasteiger partial charge in [0.1, 0.15) is 42.7 Å². The van der Waals surface area contributed by atoms with Crippen LogP contribution in [0.2, 0.25) is 0 Å². The molecule has 4 heterocycles. The molecule has 3 fully saturated rings. The van der Waals surface area contributed by atoms with E-state index in [1.165, 1.54) is 30.8 Å². The molecule has 412 valence electrons. The second-order valence-corrected chi connectivity index (χ2v) is 23.7. The number of hydrogen-bond acceptors (Lipinski definition) is 18. The van der Waals surface area contributed by atoms with Gasteiger partial charge in [0.15, 0.2) is 6.29 Å². The summed E-state index contributed by atoms with van der Waals surface area (Å²) in [4.78, 5) is 18.4. The van der Waals surface area contributed by atoms with E-state index >= 15 is 0 Å². The lowest BCUT2D eigenvalue weighted by atomic mass is 9.68. The lowest BCUT2D eigenvalue weighted by Gasteiger charge is -2.51. The number of alkyl halides is 1. The minimum atomic E-state index is -4.15. The normalized spacial score (nSPS) is 39.8. The first-order valence-electron chi connectivity index (χ1n) is 25.6. The lowest BCUT2D eigenvalue weighted by Crippen LogP contribution is -2.62. The number of aliphatic hydroxyl groups excluding tert-OH is 3. The van der Waals surface area contributed by atoms with Crippen molar-refractivity contribution in [3.8, 4) is 0 Å². The molecule has 2 aromatic rings. The number of cyclic esters (lactones) is 1. The second-order valence-electron chi connectivity index (χ2n) is 22.1.